The first-order valence-electron chi connectivity index (χ1n) is 10.5. The number of aromatic nitrogens is 2. The molecule has 0 fully saturated rings. The van der Waals surface area contributed by atoms with Gasteiger partial charge >= 0.3 is 0 Å². The molecule has 0 saturated carbocycles. The van der Waals surface area contributed by atoms with E-state index in [9.17, 15) is 4.79 Å². The van der Waals surface area contributed by atoms with Crippen molar-refractivity contribution < 1.29 is 9.53 Å². The van der Waals surface area contributed by atoms with Crippen molar-refractivity contribution in [3.05, 3.63) is 112 Å². The predicted octanol–water partition coefficient (Wildman–Crippen LogP) is 6.25. The van der Waals surface area contributed by atoms with Gasteiger partial charge in [0.2, 0.25) is 5.91 Å². The van der Waals surface area contributed by atoms with Crippen LogP contribution in [0, 0.1) is 6.92 Å². The number of ether oxygens (including phenoxy) is 1. The fourth-order valence-electron chi connectivity index (χ4n) is 3.07. The van der Waals surface area contributed by atoms with E-state index >= 15 is 0 Å². The molecule has 0 aliphatic heterocycles. The summed E-state index contributed by atoms with van der Waals surface area (Å²) in [5.74, 6) is 0.528. The fraction of sp³-hybridized carbons (Fsp3) is 0.0741. The fourth-order valence-corrected chi connectivity index (χ4v) is 3.67. The van der Waals surface area contributed by atoms with Crippen LogP contribution < -0.4 is 10.1 Å². The number of hydrogen-bond donors (Lipinski definition) is 1. The molecule has 2 aromatic carbocycles. The number of anilines is 1. The highest BCUT2D eigenvalue weighted by molar-refractivity contribution is 7.09. The van der Waals surface area contributed by atoms with Crippen LogP contribution in [-0.4, -0.2) is 15.9 Å². The van der Waals surface area contributed by atoms with Crippen molar-refractivity contribution in [3.63, 3.8) is 0 Å². The minimum absolute atomic E-state index is 0.204. The van der Waals surface area contributed by atoms with Gasteiger partial charge in [-0.15, -0.1) is 11.3 Å². The van der Waals surface area contributed by atoms with Gasteiger partial charge in [0, 0.05) is 23.3 Å². The molecule has 4 rings (SSSR count). The second-order valence-corrected chi connectivity index (χ2v) is 8.32. The average Bonchev–Trinajstić information content (AvgIpc) is 3.26. The maximum absolute atomic E-state index is 12.4. The number of carbonyl (C=O) groups excluding carboxylic acids is 1. The van der Waals surface area contributed by atoms with Gasteiger partial charge in [0.05, 0.1) is 16.4 Å². The number of carbonyl (C=O) groups is 1. The number of pyridine rings is 1. The zero-order valence-corrected chi connectivity index (χ0v) is 19.0. The maximum atomic E-state index is 12.4. The highest BCUT2D eigenvalue weighted by Gasteiger charge is 2.02. The van der Waals surface area contributed by atoms with E-state index < -0.39 is 0 Å². The van der Waals surface area contributed by atoms with Crippen molar-refractivity contribution in [2.75, 3.05) is 5.32 Å². The number of aryl methyl sites for hydroxylation is 1. The Hall–Kier alpha value is -4.03. The Morgan fingerprint density at radius 3 is 2.64 bits per heavy atom. The summed E-state index contributed by atoms with van der Waals surface area (Å²) < 4.78 is 5.82. The van der Waals surface area contributed by atoms with Crippen LogP contribution in [0.1, 0.15) is 27.5 Å². The second-order valence-electron chi connectivity index (χ2n) is 7.26. The predicted molar refractivity (Wildman–Crippen MR) is 135 cm³/mol. The molecule has 164 valence electrons. The molecule has 2 aromatic heterocycles. The summed E-state index contributed by atoms with van der Waals surface area (Å²) in [7, 11) is 0. The summed E-state index contributed by atoms with van der Waals surface area (Å²) in [5.41, 5.74) is 4.37. The number of benzene rings is 2. The molecular weight excluding hydrogens is 430 g/mol. The topological polar surface area (TPSA) is 64.1 Å². The number of amides is 1. The first-order chi connectivity index (χ1) is 16.1. The largest absolute Gasteiger partial charge is 0.487 e. The van der Waals surface area contributed by atoms with Crippen molar-refractivity contribution in [1.82, 2.24) is 9.97 Å². The second kappa shape index (κ2) is 11.0. The van der Waals surface area contributed by atoms with Gasteiger partial charge in [0.1, 0.15) is 12.4 Å². The first kappa shape index (κ1) is 22.2. The van der Waals surface area contributed by atoms with Crippen LogP contribution >= 0.6 is 11.3 Å². The van der Waals surface area contributed by atoms with E-state index in [2.05, 4.69) is 15.3 Å². The Morgan fingerprint density at radius 1 is 1.00 bits per heavy atom. The van der Waals surface area contributed by atoms with E-state index in [0.29, 0.717) is 6.61 Å². The van der Waals surface area contributed by atoms with Crippen LogP contribution in [0.25, 0.3) is 18.2 Å². The number of hydrogen-bond acceptors (Lipinski definition) is 5. The van der Waals surface area contributed by atoms with E-state index in [-0.39, 0.29) is 5.91 Å². The van der Waals surface area contributed by atoms with Gasteiger partial charge in [-0.2, -0.15) is 0 Å². The van der Waals surface area contributed by atoms with Crippen LogP contribution in [0.2, 0.25) is 0 Å². The Kier molecular flexibility index (Phi) is 7.40. The zero-order valence-electron chi connectivity index (χ0n) is 18.1. The van der Waals surface area contributed by atoms with Gasteiger partial charge in [0.25, 0.3) is 0 Å². The summed E-state index contributed by atoms with van der Waals surface area (Å²) in [4.78, 5) is 21.1. The molecule has 2 heterocycles. The first-order valence-corrected chi connectivity index (χ1v) is 11.3. The van der Waals surface area contributed by atoms with Crippen molar-refractivity contribution >= 4 is 41.2 Å². The minimum Gasteiger partial charge on any atom is -0.487 e. The molecule has 0 aliphatic carbocycles. The number of nitrogens with zero attached hydrogens (tertiary/aromatic N) is 2. The lowest BCUT2D eigenvalue weighted by atomic mass is 10.1. The molecule has 0 radical (unpaired) electrons. The Morgan fingerprint density at radius 2 is 1.85 bits per heavy atom. The van der Waals surface area contributed by atoms with Gasteiger partial charge in [-0.05, 0) is 66.6 Å². The molecule has 1 amide bonds. The molecule has 0 unspecified atom stereocenters. The average molecular weight is 454 g/mol. The van der Waals surface area contributed by atoms with Crippen molar-refractivity contribution in [2.45, 2.75) is 13.5 Å². The van der Waals surface area contributed by atoms with Crippen LogP contribution in [0.5, 0.6) is 5.75 Å². The molecule has 0 spiro atoms. The molecule has 0 atom stereocenters. The van der Waals surface area contributed by atoms with Gasteiger partial charge < -0.3 is 10.1 Å². The highest BCUT2D eigenvalue weighted by Crippen LogP contribution is 2.18. The Labute approximate surface area is 197 Å². The number of nitrogens with one attached hydrogen (secondary N) is 1. The summed E-state index contributed by atoms with van der Waals surface area (Å²) in [6.07, 6.45) is 8.93. The van der Waals surface area contributed by atoms with Gasteiger partial charge in [0.15, 0.2) is 0 Å². The van der Waals surface area contributed by atoms with Crippen molar-refractivity contribution in [3.8, 4) is 5.75 Å². The molecule has 5 nitrogen and oxygen atoms in total. The summed E-state index contributed by atoms with van der Waals surface area (Å²) in [5, 5.41) is 5.91. The van der Waals surface area contributed by atoms with E-state index in [4.69, 9.17) is 4.74 Å². The van der Waals surface area contributed by atoms with Gasteiger partial charge in [-0.3, -0.25) is 9.78 Å². The smallest absolute Gasteiger partial charge is 0.248 e. The lowest BCUT2D eigenvalue weighted by molar-refractivity contribution is -0.111. The van der Waals surface area contributed by atoms with E-state index in [1.54, 1.807) is 23.6 Å². The normalized spacial score (nSPS) is 11.2. The maximum Gasteiger partial charge on any atom is 0.248 e. The summed E-state index contributed by atoms with van der Waals surface area (Å²) >= 11 is 1.60. The van der Waals surface area contributed by atoms with Crippen LogP contribution in [0.4, 0.5) is 5.69 Å². The van der Waals surface area contributed by atoms with Crippen molar-refractivity contribution in [2.24, 2.45) is 0 Å². The lowest BCUT2D eigenvalue weighted by Gasteiger charge is -2.05. The van der Waals surface area contributed by atoms with Gasteiger partial charge in [-0.1, -0.05) is 36.4 Å². The molecular formula is C27H23N3O2S. The molecule has 1 N–H and O–H groups in total. The quantitative estimate of drug-likeness (QED) is 0.320. The minimum atomic E-state index is -0.204. The van der Waals surface area contributed by atoms with Crippen LogP contribution in [0.3, 0.4) is 0 Å². The van der Waals surface area contributed by atoms with E-state index in [1.807, 2.05) is 91.2 Å². The van der Waals surface area contributed by atoms with E-state index in [0.717, 1.165) is 39.0 Å². The third kappa shape index (κ3) is 6.98. The van der Waals surface area contributed by atoms with Gasteiger partial charge in [-0.25, -0.2) is 4.98 Å². The van der Waals surface area contributed by atoms with Crippen molar-refractivity contribution in [1.29, 1.82) is 0 Å². The molecule has 0 saturated heterocycles. The SMILES string of the molecule is Cc1nc(COc2cccc(/C=C/C(=O)Nc3cccc(/C=C/c4ccccn4)c3)c2)cs1. The third-order valence-electron chi connectivity index (χ3n) is 4.63. The molecule has 6 heteroatoms. The highest BCUT2D eigenvalue weighted by atomic mass is 32.1. The number of thiazole rings is 1. The Bertz CT molecular complexity index is 1280. The standard InChI is InChI=1S/C27H23N3O2S/c1-20-29-25(19-33-20)18-32-26-10-5-7-22(17-26)12-14-27(31)30-24-9-4-6-21(16-24)11-13-23-8-2-3-15-28-23/h2-17,19H,18H2,1H3,(H,30,31)/b13-11+,14-12+. The third-order valence-corrected chi connectivity index (χ3v) is 5.45. The van der Waals surface area contributed by atoms with Crippen LogP contribution in [-0.2, 0) is 11.4 Å². The Balaban J connectivity index is 1.34. The monoisotopic (exact) mass is 453 g/mol. The molecule has 0 bridgehead atoms. The van der Waals surface area contributed by atoms with E-state index in [1.165, 1.54) is 6.08 Å². The van der Waals surface area contributed by atoms with Crippen LogP contribution in [0.15, 0.2) is 84.4 Å². The summed E-state index contributed by atoms with van der Waals surface area (Å²) in [6.45, 7) is 2.39. The zero-order chi connectivity index (χ0) is 22.9. The lowest BCUT2D eigenvalue weighted by Crippen LogP contribution is -2.07. The molecule has 33 heavy (non-hydrogen) atoms. The molecule has 4 aromatic rings. The summed E-state index contributed by atoms with van der Waals surface area (Å²) in [6, 6.07) is 21.0. The molecule has 0 aliphatic rings. The number of rotatable bonds is 8.